The summed E-state index contributed by atoms with van der Waals surface area (Å²) < 4.78 is 32.1. The topological polar surface area (TPSA) is 87.8 Å². The van der Waals surface area contributed by atoms with E-state index in [-0.39, 0.29) is 28.0 Å². The van der Waals surface area contributed by atoms with Crippen LogP contribution in [-0.2, 0) is 10.0 Å². The summed E-state index contributed by atoms with van der Waals surface area (Å²) in [5.41, 5.74) is -0.257. The van der Waals surface area contributed by atoms with Gasteiger partial charge < -0.3 is 9.52 Å². The van der Waals surface area contributed by atoms with Crippen LogP contribution in [0, 0.1) is 13.8 Å². The maximum atomic E-state index is 12.8. The number of nitrogens with zero attached hydrogens (tertiary/aromatic N) is 1. The van der Waals surface area contributed by atoms with Crippen molar-refractivity contribution in [3.05, 3.63) is 17.1 Å². The average Bonchev–Trinajstić information content (AvgIpc) is 2.65. The molecule has 2 heterocycles. The van der Waals surface area contributed by atoms with Gasteiger partial charge in [0.15, 0.2) is 0 Å². The fourth-order valence-corrected chi connectivity index (χ4v) is 5.64. The first-order chi connectivity index (χ1) is 9.26. The Labute approximate surface area is 122 Å². The van der Waals surface area contributed by atoms with Crippen molar-refractivity contribution in [2.45, 2.75) is 31.7 Å². The van der Waals surface area contributed by atoms with E-state index in [0.29, 0.717) is 18.1 Å². The molecule has 2 rings (SSSR count). The monoisotopic (exact) mass is 319 g/mol. The maximum absolute atomic E-state index is 12.8. The van der Waals surface area contributed by atoms with E-state index in [1.165, 1.54) is 18.2 Å². The van der Waals surface area contributed by atoms with E-state index in [0.717, 1.165) is 0 Å². The number of aryl methyl sites for hydroxylation is 2. The molecular weight excluding hydrogens is 302 g/mol. The van der Waals surface area contributed by atoms with Gasteiger partial charge in [-0.2, -0.15) is 16.1 Å². The first kappa shape index (κ1) is 15.4. The third kappa shape index (κ3) is 2.47. The second kappa shape index (κ2) is 5.42. The lowest BCUT2D eigenvalue weighted by molar-refractivity contribution is 0.0691. The third-order valence-corrected chi connectivity index (χ3v) is 6.65. The molecule has 1 saturated heterocycles. The predicted molar refractivity (Wildman–Crippen MR) is 75.8 cm³/mol. The van der Waals surface area contributed by atoms with Gasteiger partial charge >= 0.3 is 5.97 Å². The number of hydrogen-bond donors (Lipinski definition) is 1. The number of aromatic carboxylic acids is 1. The van der Waals surface area contributed by atoms with Crippen molar-refractivity contribution in [1.29, 1.82) is 0 Å². The Bertz CT molecular complexity index is 635. The normalized spacial score (nSPS) is 21.1. The van der Waals surface area contributed by atoms with E-state index >= 15 is 0 Å². The van der Waals surface area contributed by atoms with E-state index in [9.17, 15) is 18.3 Å². The van der Waals surface area contributed by atoms with E-state index in [1.807, 2.05) is 6.92 Å². The van der Waals surface area contributed by atoms with E-state index in [2.05, 4.69) is 0 Å². The molecule has 0 aromatic carbocycles. The zero-order valence-corrected chi connectivity index (χ0v) is 13.2. The van der Waals surface area contributed by atoms with Crippen LogP contribution in [0.2, 0.25) is 0 Å². The second-order valence-electron chi connectivity index (χ2n) is 4.76. The molecule has 1 fully saturated rings. The Balaban J connectivity index is 2.57. The molecule has 1 aromatic heterocycles. The first-order valence-corrected chi connectivity index (χ1v) is 8.79. The Morgan fingerprint density at radius 3 is 2.60 bits per heavy atom. The minimum absolute atomic E-state index is 0.118. The highest BCUT2D eigenvalue weighted by Crippen LogP contribution is 2.32. The molecule has 1 aliphatic heterocycles. The zero-order valence-electron chi connectivity index (χ0n) is 11.5. The van der Waals surface area contributed by atoms with Crippen molar-refractivity contribution in [3.63, 3.8) is 0 Å². The Morgan fingerprint density at radius 1 is 1.40 bits per heavy atom. The summed E-state index contributed by atoms with van der Waals surface area (Å²) in [6.45, 7) is 5.16. The van der Waals surface area contributed by atoms with Crippen LogP contribution in [0.3, 0.4) is 0 Å². The van der Waals surface area contributed by atoms with Crippen molar-refractivity contribution >= 4 is 27.8 Å². The summed E-state index contributed by atoms with van der Waals surface area (Å²) >= 11 is 1.69. The summed E-state index contributed by atoms with van der Waals surface area (Å²) in [5, 5.41) is 9.24. The van der Waals surface area contributed by atoms with Gasteiger partial charge in [0.05, 0.1) is 0 Å². The molecule has 0 aliphatic carbocycles. The number of carboxylic acids is 1. The first-order valence-electron chi connectivity index (χ1n) is 6.19. The molecular formula is C12H17NO5S2. The predicted octanol–water partition coefficient (Wildman–Crippen LogP) is 1.72. The van der Waals surface area contributed by atoms with Crippen molar-refractivity contribution < 1.29 is 22.7 Å². The summed E-state index contributed by atoms with van der Waals surface area (Å²) in [7, 11) is -3.85. The van der Waals surface area contributed by atoms with Gasteiger partial charge in [0.2, 0.25) is 10.0 Å². The molecule has 112 valence electrons. The summed E-state index contributed by atoms with van der Waals surface area (Å²) in [4.78, 5) is 11.1. The summed E-state index contributed by atoms with van der Waals surface area (Å²) in [6, 6.07) is -0.157. The second-order valence-corrected chi connectivity index (χ2v) is 7.74. The molecule has 0 spiro atoms. The number of sulfonamides is 1. The van der Waals surface area contributed by atoms with E-state index in [4.69, 9.17) is 4.42 Å². The van der Waals surface area contributed by atoms with Crippen LogP contribution in [0.4, 0.5) is 0 Å². The standard InChI is InChI=1S/C12H17NO5S2/c1-7-6-19-5-4-13(7)20(16,17)11-9(3)18-8(2)10(11)12(14)15/h7H,4-6H2,1-3H3,(H,14,15). The number of carbonyl (C=O) groups is 1. The summed E-state index contributed by atoms with van der Waals surface area (Å²) in [5.74, 6) is 0.384. The average molecular weight is 319 g/mol. The van der Waals surface area contributed by atoms with Gasteiger partial charge in [0.25, 0.3) is 0 Å². The molecule has 0 radical (unpaired) electrons. The van der Waals surface area contributed by atoms with Crippen LogP contribution in [0.5, 0.6) is 0 Å². The number of thioether (sulfide) groups is 1. The largest absolute Gasteiger partial charge is 0.478 e. The summed E-state index contributed by atoms with van der Waals surface area (Å²) in [6.07, 6.45) is 0. The molecule has 0 bridgehead atoms. The number of rotatable bonds is 3. The van der Waals surface area contributed by atoms with E-state index in [1.54, 1.807) is 11.8 Å². The van der Waals surface area contributed by atoms with Gasteiger partial charge in [0.1, 0.15) is 22.0 Å². The van der Waals surface area contributed by atoms with Gasteiger partial charge in [-0.15, -0.1) is 0 Å². The van der Waals surface area contributed by atoms with Gasteiger partial charge in [-0.3, -0.25) is 0 Å². The molecule has 0 saturated carbocycles. The highest BCUT2D eigenvalue weighted by Gasteiger charge is 2.38. The van der Waals surface area contributed by atoms with Crippen molar-refractivity contribution in [2.75, 3.05) is 18.1 Å². The number of hydrogen-bond acceptors (Lipinski definition) is 5. The zero-order chi connectivity index (χ0) is 15.1. The van der Waals surface area contributed by atoms with Crippen LogP contribution in [0.15, 0.2) is 9.31 Å². The quantitative estimate of drug-likeness (QED) is 0.912. The molecule has 6 nitrogen and oxygen atoms in total. The van der Waals surface area contributed by atoms with E-state index < -0.39 is 16.0 Å². The Hall–Kier alpha value is -0.990. The lowest BCUT2D eigenvalue weighted by Gasteiger charge is -2.31. The van der Waals surface area contributed by atoms with Gasteiger partial charge in [-0.05, 0) is 20.8 Å². The Kier molecular flexibility index (Phi) is 4.17. The molecule has 1 N–H and O–H groups in total. The van der Waals surface area contributed by atoms with Gasteiger partial charge in [0, 0.05) is 24.1 Å². The van der Waals surface area contributed by atoms with Crippen LogP contribution in [-0.4, -0.2) is 47.9 Å². The van der Waals surface area contributed by atoms with Crippen molar-refractivity contribution in [1.82, 2.24) is 4.31 Å². The van der Waals surface area contributed by atoms with Crippen LogP contribution < -0.4 is 0 Å². The minimum Gasteiger partial charge on any atom is -0.478 e. The van der Waals surface area contributed by atoms with Crippen LogP contribution >= 0.6 is 11.8 Å². The Morgan fingerprint density at radius 2 is 2.05 bits per heavy atom. The maximum Gasteiger partial charge on any atom is 0.340 e. The van der Waals surface area contributed by atoms with Crippen LogP contribution in [0.25, 0.3) is 0 Å². The lowest BCUT2D eigenvalue weighted by atomic mass is 10.2. The molecule has 20 heavy (non-hydrogen) atoms. The molecule has 1 aliphatic rings. The molecule has 1 atom stereocenters. The minimum atomic E-state index is -3.85. The highest BCUT2D eigenvalue weighted by atomic mass is 32.2. The van der Waals surface area contributed by atoms with Crippen molar-refractivity contribution in [2.24, 2.45) is 0 Å². The SMILES string of the molecule is Cc1oc(C)c(S(=O)(=O)N2CCSCC2C)c1C(=O)O. The molecule has 0 amide bonds. The fraction of sp³-hybridized carbons (Fsp3) is 0.583. The lowest BCUT2D eigenvalue weighted by Crippen LogP contribution is -2.44. The number of carboxylic acid groups (broad SMARTS) is 1. The number of furan rings is 1. The van der Waals surface area contributed by atoms with Crippen LogP contribution in [0.1, 0.15) is 28.8 Å². The molecule has 1 unspecified atom stereocenters. The van der Waals surface area contributed by atoms with Crippen molar-refractivity contribution in [3.8, 4) is 0 Å². The van der Waals surface area contributed by atoms with Gasteiger partial charge in [-0.1, -0.05) is 0 Å². The molecule has 8 heteroatoms. The van der Waals surface area contributed by atoms with Gasteiger partial charge in [-0.25, -0.2) is 13.2 Å². The third-order valence-electron chi connectivity index (χ3n) is 3.29. The fourth-order valence-electron chi connectivity index (χ4n) is 2.41. The highest BCUT2D eigenvalue weighted by molar-refractivity contribution is 7.99. The molecule has 1 aromatic rings. The smallest absolute Gasteiger partial charge is 0.340 e.